The van der Waals surface area contributed by atoms with Crippen molar-refractivity contribution in [2.75, 3.05) is 35.8 Å². The Hall–Kier alpha value is -3.06. The molecule has 0 spiro atoms. The second-order valence-electron chi connectivity index (χ2n) is 5.72. The van der Waals surface area contributed by atoms with Gasteiger partial charge in [-0.1, -0.05) is 23.5 Å². The Bertz CT molecular complexity index is 902. The number of nitrogens with one attached hydrogen (secondary N) is 1. The number of para-hydroxylation sites is 1. The van der Waals surface area contributed by atoms with Crippen LogP contribution in [0, 0.1) is 0 Å². The van der Waals surface area contributed by atoms with E-state index in [-0.39, 0.29) is 11.6 Å². The van der Waals surface area contributed by atoms with Gasteiger partial charge in [0, 0.05) is 36.7 Å². The molecule has 0 radical (unpaired) electrons. The average Bonchev–Trinajstić information content (AvgIpc) is 2.95. The number of hydrogen-bond acceptors (Lipinski definition) is 7. The maximum Gasteiger partial charge on any atom is 0.208 e. The monoisotopic (exact) mass is 353 g/mol. The summed E-state index contributed by atoms with van der Waals surface area (Å²) in [6, 6.07) is 14.8. The molecule has 0 unspecified atom stereocenters. The Morgan fingerprint density at radius 3 is 2.40 bits per heavy atom. The van der Waals surface area contributed by atoms with Gasteiger partial charge in [0.05, 0.1) is 0 Å². The molecule has 2 aromatic carbocycles. The maximum atomic E-state index is 12.7. The molecule has 0 saturated carbocycles. The van der Waals surface area contributed by atoms with Crippen molar-refractivity contribution in [3.05, 3.63) is 59.0 Å². The lowest BCUT2D eigenvalue weighted by atomic mass is 10.1. The minimum absolute atomic E-state index is 0.200. The Kier molecular flexibility index (Phi) is 4.58. The van der Waals surface area contributed by atoms with Crippen molar-refractivity contribution in [3.8, 4) is 0 Å². The van der Waals surface area contributed by atoms with Crippen LogP contribution in [0.15, 0.2) is 48.5 Å². The van der Waals surface area contributed by atoms with Gasteiger partial charge in [0.15, 0.2) is 5.13 Å². The Morgan fingerprint density at radius 2 is 1.76 bits per heavy atom. The van der Waals surface area contributed by atoms with Crippen molar-refractivity contribution in [3.63, 3.8) is 0 Å². The van der Waals surface area contributed by atoms with Crippen LogP contribution in [-0.4, -0.2) is 24.9 Å². The van der Waals surface area contributed by atoms with Gasteiger partial charge in [-0.25, -0.2) is 4.98 Å². The zero-order valence-corrected chi connectivity index (χ0v) is 14.8. The van der Waals surface area contributed by atoms with E-state index in [4.69, 9.17) is 11.5 Å². The Labute approximate surface area is 150 Å². The molecule has 0 fully saturated rings. The first-order chi connectivity index (χ1) is 12.0. The third kappa shape index (κ3) is 3.56. The van der Waals surface area contributed by atoms with Crippen molar-refractivity contribution in [1.29, 1.82) is 0 Å². The van der Waals surface area contributed by atoms with Crippen LogP contribution >= 0.6 is 11.3 Å². The van der Waals surface area contributed by atoms with Gasteiger partial charge in [0.1, 0.15) is 10.7 Å². The molecule has 128 valence electrons. The molecular formula is C18H19N5OS. The molecule has 0 aliphatic carbocycles. The number of carbonyl (C=O) groups is 1. The Morgan fingerprint density at radius 1 is 1.08 bits per heavy atom. The predicted molar refractivity (Wildman–Crippen MR) is 105 cm³/mol. The highest BCUT2D eigenvalue weighted by atomic mass is 32.1. The molecule has 25 heavy (non-hydrogen) atoms. The van der Waals surface area contributed by atoms with E-state index in [1.54, 1.807) is 24.3 Å². The topological polar surface area (TPSA) is 97.3 Å². The third-order valence-electron chi connectivity index (χ3n) is 3.70. The molecule has 0 amide bonds. The summed E-state index contributed by atoms with van der Waals surface area (Å²) < 4.78 is 0. The minimum atomic E-state index is -0.218. The largest absolute Gasteiger partial charge is 0.398 e. The highest BCUT2D eigenvalue weighted by molar-refractivity contribution is 7.18. The minimum Gasteiger partial charge on any atom is -0.398 e. The van der Waals surface area contributed by atoms with Gasteiger partial charge >= 0.3 is 0 Å². The quantitative estimate of drug-likeness (QED) is 0.481. The van der Waals surface area contributed by atoms with E-state index in [0.29, 0.717) is 21.3 Å². The average molecular weight is 353 g/mol. The van der Waals surface area contributed by atoms with Gasteiger partial charge in [0.2, 0.25) is 5.78 Å². The number of nitrogens with zero attached hydrogens (tertiary/aromatic N) is 2. The molecule has 3 rings (SSSR count). The number of aromatic nitrogens is 1. The number of nitrogens with two attached hydrogens (primary N) is 2. The number of rotatable bonds is 5. The predicted octanol–water partition coefficient (Wildman–Crippen LogP) is 3.35. The number of nitrogen functional groups attached to an aromatic ring is 2. The van der Waals surface area contributed by atoms with E-state index in [9.17, 15) is 4.79 Å². The van der Waals surface area contributed by atoms with Crippen LogP contribution in [0.2, 0.25) is 0 Å². The second-order valence-corrected chi connectivity index (χ2v) is 6.72. The highest BCUT2D eigenvalue weighted by Gasteiger charge is 2.19. The zero-order chi connectivity index (χ0) is 18.0. The summed E-state index contributed by atoms with van der Waals surface area (Å²) in [5.74, 6) is -0.0187. The lowest BCUT2D eigenvalue weighted by Crippen LogP contribution is -2.08. The first-order valence-corrected chi connectivity index (χ1v) is 8.47. The second kappa shape index (κ2) is 6.82. The fraction of sp³-hybridized carbons (Fsp3) is 0.111. The standard InChI is InChI=1S/C18H19N5OS/c1-23(2)12-9-7-11(8-10-12)21-18-22-17(20)16(25-18)15(24)13-5-3-4-6-14(13)19/h3-10H,19-20H2,1-2H3,(H,21,22). The molecule has 5 N–H and O–H groups in total. The molecular weight excluding hydrogens is 334 g/mol. The van der Waals surface area contributed by atoms with E-state index in [1.165, 1.54) is 11.3 Å². The lowest BCUT2D eigenvalue weighted by molar-refractivity contribution is 0.104. The van der Waals surface area contributed by atoms with E-state index in [0.717, 1.165) is 11.4 Å². The number of carbonyl (C=O) groups excluding carboxylic acids is 1. The fourth-order valence-corrected chi connectivity index (χ4v) is 3.20. The summed E-state index contributed by atoms with van der Waals surface area (Å²) in [5, 5.41) is 3.74. The number of ketones is 1. The summed E-state index contributed by atoms with van der Waals surface area (Å²) in [6.07, 6.45) is 0. The summed E-state index contributed by atoms with van der Waals surface area (Å²) in [7, 11) is 3.97. The van der Waals surface area contributed by atoms with Crippen molar-refractivity contribution < 1.29 is 4.79 Å². The number of thiazole rings is 1. The number of hydrogen-bond donors (Lipinski definition) is 3. The van der Waals surface area contributed by atoms with E-state index >= 15 is 0 Å². The summed E-state index contributed by atoms with van der Waals surface area (Å²) >= 11 is 1.21. The summed E-state index contributed by atoms with van der Waals surface area (Å²) in [5.41, 5.74) is 14.6. The Balaban J connectivity index is 1.83. The van der Waals surface area contributed by atoms with Gasteiger partial charge in [-0.15, -0.1) is 0 Å². The van der Waals surface area contributed by atoms with Gasteiger partial charge in [-0.05, 0) is 36.4 Å². The molecule has 0 aliphatic rings. The first kappa shape index (κ1) is 16.8. The smallest absolute Gasteiger partial charge is 0.208 e. The molecule has 1 aromatic heterocycles. The van der Waals surface area contributed by atoms with Crippen LogP contribution in [0.1, 0.15) is 15.2 Å². The highest BCUT2D eigenvalue weighted by Crippen LogP contribution is 2.31. The van der Waals surface area contributed by atoms with Crippen molar-refractivity contribution in [2.45, 2.75) is 0 Å². The van der Waals surface area contributed by atoms with Gasteiger partial charge in [-0.3, -0.25) is 4.79 Å². The van der Waals surface area contributed by atoms with Crippen LogP contribution in [0.5, 0.6) is 0 Å². The molecule has 3 aromatic rings. The van der Waals surface area contributed by atoms with Gasteiger partial charge in [0.25, 0.3) is 0 Å². The molecule has 0 atom stereocenters. The van der Waals surface area contributed by atoms with E-state index in [1.807, 2.05) is 43.3 Å². The first-order valence-electron chi connectivity index (χ1n) is 7.65. The molecule has 0 bridgehead atoms. The van der Waals surface area contributed by atoms with E-state index in [2.05, 4.69) is 10.3 Å². The molecule has 6 nitrogen and oxygen atoms in total. The number of anilines is 5. The molecule has 1 heterocycles. The zero-order valence-electron chi connectivity index (χ0n) is 14.0. The lowest BCUT2D eigenvalue weighted by Gasteiger charge is -2.12. The summed E-state index contributed by atoms with van der Waals surface area (Å²) in [4.78, 5) is 19.3. The fourth-order valence-electron chi connectivity index (χ4n) is 2.34. The van der Waals surface area contributed by atoms with Crippen LogP contribution in [-0.2, 0) is 0 Å². The maximum absolute atomic E-state index is 12.7. The van der Waals surface area contributed by atoms with Crippen LogP contribution < -0.4 is 21.7 Å². The normalized spacial score (nSPS) is 10.5. The van der Waals surface area contributed by atoms with Gasteiger partial charge < -0.3 is 21.7 Å². The van der Waals surface area contributed by atoms with Crippen molar-refractivity contribution >= 4 is 45.1 Å². The SMILES string of the molecule is CN(C)c1ccc(Nc2nc(N)c(C(=O)c3ccccc3N)s2)cc1. The molecule has 0 aliphatic heterocycles. The van der Waals surface area contributed by atoms with Crippen molar-refractivity contribution in [1.82, 2.24) is 4.98 Å². The van der Waals surface area contributed by atoms with Crippen LogP contribution in [0.25, 0.3) is 0 Å². The van der Waals surface area contributed by atoms with E-state index < -0.39 is 0 Å². The molecule has 0 saturated heterocycles. The van der Waals surface area contributed by atoms with Gasteiger partial charge in [-0.2, -0.15) is 0 Å². The number of benzene rings is 2. The summed E-state index contributed by atoms with van der Waals surface area (Å²) in [6.45, 7) is 0. The van der Waals surface area contributed by atoms with Crippen LogP contribution in [0.3, 0.4) is 0 Å². The van der Waals surface area contributed by atoms with Crippen LogP contribution in [0.4, 0.5) is 28.0 Å². The third-order valence-corrected chi connectivity index (χ3v) is 4.69. The molecule has 7 heteroatoms. The van der Waals surface area contributed by atoms with Crippen molar-refractivity contribution in [2.24, 2.45) is 0 Å².